The van der Waals surface area contributed by atoms with Crippen LogP contribution in [0.25, 0.3) is 10.9 Å². The van der Waals surface area contributed by atoms with E-state index < -0.39 is 0 Å². The van der Waals surface area contributed by atoms with Crippen LogP contribution in [0.3, 0.4) is 0 Å². The molecule has 208 valence electrons. The van der Waals surface area contributed by atoms with Crippen molar-refractivity contribution in [2.75, 3.05) is 53.7 Å². The minimum absolute atomic E-state index is 0.0623. The van der Waals surface area contributed by atoms with Gasteiger partial charge in [-0.15, -0.1) is 0 Å². The minimum Gasteiger partial charge on any atom is -0.497 e. The van der Waals surface area contributed by atoms with E-state index in [9.17, 15) is 4.79 Å². The van der Waals surface area contributed by atoms with E-state index >= 15 is 0 Å². The molecule has 2 fully saturated rings. The lowest BCUT2D eigenvalue weighted by molar-refractivity contribution is 0.0376. The molecule has 8 heteroatoms. The van der Waals surface area contributed by atoms with Crippen LogP contribution in [0, 0.1) is 0 Å². The number of carbonyl (C=O) groups excluding carboxylic acids is 1. The van der Waals surface area contributed by atoms with Gasteiger partial charge in [-0.05, 0) is 91.5 Å². The van der Waals surface area contributed by atoms with Gasteiger partial charge >= 0.3 is 6.03 Å². The summed E-state index contributed by atoms with van der Waals surface area (Å²) in [5, 5.41) is 1.23. The van der Waals surface area contributed by atoms with Gasteiger partial charge in [0.1, 0.15) is 5.75 Å². The number of aromatic nitrogens is 1. The molecule has 1 aliphatic carbocycles. The van der Waals surface area contributed by atoms with Crippen molar-refractivity contribution >= 4 is 16.9 Å². The number of morpholine rings is 1. The maximum absolute atomic E-state index is 13.8. The zero-order valence-corrected chi connectivity index (χ0v) is 23.3. The Morgan fingerprint density at radius 2 is 1.85 bits per heavy atom. The number of aryl methyl sites for hydroxylation is 1. The SMILES string of the molecule is CCOc1cc2c(cc1OC)CCN(C(=O)N1CCOCC1)C2CCc1c[nH]c2c(C3CC3)cc(OC)cc12. The summed E-state index contributed by atoms with van der Waals surface area (Å²) >= 11 is 0. The van der Waals surface area contributed by atoms with Crippen molar-refractivity contribution in [1.29, 1.82) is 0 Å². The van der Waals surface area contributed by atoms with Crippen molar-refractivity contribution in [1.82, 2.24) is 14.8 Å². The van der Waals surface area contributed by atoms with Gasteiger partial charge < -0.3 is 33.7 Å². The van der Waals surface area contributed by atoms with Crippen molar-refractivity contribution < 1.29 is 23.7 Å². The molecule has 0 bridgehead atoms. The smallest absolute Gasteiger partial charge is 0.320 e. The molecule has 3 aromatic rings. The average molecular weight is 534 g/mol. The maximum atomic E-state index is 13.8. The summed E-state index contributed by atoms with van der Waals surface area (Å²) in [4.78, 5) is 21.4. The number of benzene rings is 2. The largest absolute Gasteiger partial charge is 0.497 e. The number of amides is 2. The number of hydrogen-bond acceptors (Lipinski definition) is 5. The molecule has 2 aromatic carbocycles. The molecule has 3 aliphatic rings. The summed E-state index contributed by atoms with van der Waals surface area (Å²) in [6, 6.07) is 8.57. The minimum atomic E-state index is -0.0623. The number of aromatic amines is 1. The number of nitrogens with zero attached hydrogens (tertiary/aromatic N) is 2. The van der Waals surface area contributed by atoms with Gasteiger partial charge in [0.15, 0.2) is 11.5 Å². The van der Waals surface area contributed by atoms with Crippen LogP contribution < -0.4 is 14.2 Å². The lowest BCUT2D eigenvalue weighted by Crippen LogP contribution is -2.51. The van der Waals surface area contributed by atoms with E-state index in [4.69, 9.17) is 18.9 Å². The number of hydrogen-bond donors (Lipinski definition) is 1. The van der Waals surface area contributed by atoms with Crippen LogP contribution in [0.5, 0.6) is 17.2 Å². The Morgan fingerprint density at radius 3 is 2.56 bits per heavy atom. The molecular weight excluding hydrogens is 494 g/mol. The Kier molecular flexibility index (Phi) is 7.30. The van der Waals surface area contributed by atoms with Crippen LogP contribution in [0.1, 0.15) is 60.4 Å². The Labute approximate surface area is 230 Å². The topological polar surface area (TPSA) is 76.3 Å². The van der Waals surface area contributed by atoms with Crippen LogP contribution in [-0.2, 0) is 17.6 Å². The highest BCUT2D eigenvalue weighted by Gasteiger charge is 2.35. The number of fused-ring (bicyclic) bond motifs is 2. The van der Waals surface area contributed by atoms with Crippen LogP contribution in [0.2, 0.25) is 0 Å². The van der Waals surface area contributed by atoms with E-state index in [1.807, 2.05) is 11.8 Å². The zero-order chi connectivity index (χ0) is 26.9. The molecule has 3 heterocycles. The molecule has 1 saturated carbocycles. The van der Waals surface area contributed by atoms with E-state index in [2.05, 4.69) is 40.3 Å². The van der Waals surface area contributed by atoms with Crippen molar-refractivity contribution in [3.05, 3.63) is 52.7 Å². The Hall–Kier alpha value is -3.39. The molecule has 6 rings (SSSR count). The number of rotatable bonds is 8. The Balaban J connectivity index is 1.34. The zero-order valence-electron chi connectivity index (χ0n) is 23.3. The highest BCUT2D eigenvalue weighted by atomic mass is 16.5. The number of H-pyrrole nitrogens is 1. The first-order valence-electron chi connectivity index (χ1n) is 14.3. The normalized spacial score (nSPS) is 19.2. The third-order valence-corrected chi connectivity index (χ3v) is 8.43. The lowest BCUT2D eigenvalue weighted by Gasteiger charge is -2.41. The molecule has 0 radical (unpaired) electrons. The number of carbonyl (C=O) groups is 1. The molecule has 1 unspecified atom stereocenters. The van der Waals surface area contributed by atoms with Crippen molar-refractivity contribution in [3.63, 3.8) is 0 Å². The molecule has 2 aliphatic heterocycles. The first-order valence-corrected chi connectivity index (χ1v) is 14.3. The molecule has 2 amide bonds. The van der Waals surface area contributed by atoms with Gasteiger partial charge in [0, 0.05) is 36.7 Å². The van der Waals surface area contributed by atoms with Crippen molar-refractivity contribution in [2.24, 2.45) is 0 Å². The van der Waals surface area contributed by atoms with Gasteiger partial charge in [-0.1, -0.05) is 0 Å². The van der Waals surface area contributed by atoms with Gasteiger partial charge in [0.05, 0.1) is 40.1 Å². The number of nitrogens with one attached hydrogen (secondary N) is 1. The van der Waals surface area contributed by atoms with Gasteiger partial charge in [0.25, 0.3) is 0 Å². The highest BCUT2D eigenvalue weighted by molar-refractivity contribution is 5.88. The van der Waals surface area contributed by atoms with E-state index in [1.54, 1.807) is 14.2 Å². The van der Waals surface area contributed by atoms with Gasteiger partial charge in [0.2, 0.25) is 0 Å². The standard InChI is InChI=1S/C31H39N3O5/c1-4-39-29-18-24-21(15-28(29)37-3)9-10-34(31(35)33-11-13-38-14-12-33)27(24)8-7-22-19-32-30-25(20-5-6-20)16-23(36-2)17-26(22)30/h15-20,27,32H,4-14H2,1-3H3. The molecule has 0 spiro atoms. The van der Waals surface area contributed by atoms with E-state index in [0.29, 0.717) is 45.4 Å². The molecular formula is C31H39N3O5. The second kappa shape index (κ2) is 11.0. The predicted octanol–water partition coefficient (Wildman–Crippen LogP) is 5.45. The molecule has 1 N–H and O–H groups in total. The first-order chi connectivity index (χ1) is 19.1. The van der Waals surface area contributed by atoms with Crippen LogP contribution in [0.4, 0.5) is 4.79 Å². The van der Waals surface area contributed by atoms with Gasteiger partial charge in [-0.3, -0.25) is 0 Å². The average Bonchev–Trinajstić information content (AvgIpc) is 3.75. The molecule has 1 atom stereocenters. The lowest BCUT2D eigenvalue weighted by atomic mass is 9.88. The molecule has 8 nitrogen and oxygen atoms in total. The summed E-state index contributed by atoms with van der Waals surface area (Å²) in [5.74, 6) is 3.01. The Bertz CT molecular complexity index is 1340. The van der Waals surface area contributed by atoms with Crippen molar-refractivity contribution in [2.45, 2.75) is 51.0 Å². The summed E-state index contributed by atoms with van der Waals surface area (Å²) in [5.41, 5.74) is 6.22. The quantitative estimate of drug-likeness (QED) is 0.417. The molecule has 39 heavy (non-hydrogen) atoms. The van der Waals surface area contributed by atoms with E-state index in [0.717, 1.165) is 42.1 Å². The van der Waals surface area contributed by atoms with Crippen LogP contribution in [0.15, 0.2) is 30.5 Å². The highest BCUT2D eigenvalue weighted by Crippen LogP contribution is 2.45. The summed E-state index contributed by atoms with van der Waals surface area (Å²) in [7, 11) is 3.42. The third kappa shape index (κ3) is 5.02. The van der Waals surface area contributed by atoms with Crippen LogP contribution in [-0.4, -0.2) is 74.5 Å². The number of ether oxygens (including phenoxy) is 4. The molecule has 1 aromatic heterocycles. The fraction of sp³-hybridized carbons (Fsp3) is 0.516. The monoisotopic (exact) mass is 533 g/mol. The van der Waals surface area contributed by atoms with E-state index in [-0.39, 0.29) is 12.1 Å². The Morgan fingerprint density at radius 1 is 1.03 bits per heavy atom. The second-order valence-electron chi connectivity index (χ2n) is 10.7. The fourth-order valence-corrected chi connectivity index (χ4v) is 6.24. The maximum Gasteiger partial charge on any atom is 0.320 e. The summed E-state index contributed by atoms with van der Waals surface area (Å²) in [6.45, 7) is 5.66. The van der Waals surface area contributed by atoms with E-state index in [1.165, 1.54) is 40.4 Å². The predicted molar refractivity (Wildman–Crippen MR) is 150 cm³/mol. The number of urea groups is 1. The van der Waals surface area contributed by atoms with Gasteiger partial charge in [-0.2, -0.15) is 0 Å². The number of methoxy groups -OCH3 is 2. The first kappa shape index (κ1) is 25.9. The summed E-state index contributed by atoms with van der Waals surface area (Å²) < 4.78 is 22.8. The van der Waals surface area contributed by atoms with Crippen LogP contribution >= 0.6 is 0 Å². The van der Waals surface area contributed by atoms with Gasteiger partial charge in [-0.25, -0.2) is 4.79 Å². The fourth-order valence-electron chi connectivity index (χ4n) is 6.24. The third-order valence-electron chi connectivity index (χ3n) is 8.43. The summed E-state index contributed by atoms with van der Waals surface area (Å²) in [6.07, 6.45) is 7.06. The molecule has 1 saturated heterocycles. The van der Waals surface area contributed by atoms with Crippen molar-refractivity contribution in [3.8, 4) is 17.2 Å². The second-order valence-corrected chi connectivity index (χ2v) is 10.7.